The highest BCUT2D eigenvalue weighted by molar-refractivity contribution is 7.80. The highest BCUT2D eigenvalue weighted by Crippen LogP contribution is 2.06. The molecule has 1 aromatic rings. The van der Waals surface area contributed by atoms with E-state index < -0.39 is 60.2 Å². The molecule has 0 aliphatic carbocycles. The molecule has 11 nitrogen and oxygen atoms in total. The summed E-state index contributed by atoms with van der Waals surface area (Å²) in [5.74, 6) is -5.25. The van der Waals surface area contributed by atoms with Crippen molar-refractivity contribution in [3.8, 4) is 0 Å². The van der Waals surface area contributed by atoms with Crippen molar-refractivity contribution in [2.45, 2.75) is 57.3 Å². The molecule has 12 heteroatoms. The van der Waals surface area contributed by atoms with Crippen LogP contribution >= 0.6 is 12.6 Å². The minimum absolute atomic E-state index is 0.0132. The smallest absolute Gasteiger partial charge is 0.326 e. The van der Waals surface area contributed by atoms with Crippen molar-refractivity contribution < 1.29 is 34.2 Å². The lowest BCUT2D eigenvalue weighted by Crippen LogP contribution is -2.58. The summed E-state index contributed by atoms with van der Waals surface area (Å²) in [6.07, 6.45) is -0.408. The van der Waals surface area contributed by atoms with Gasteiger partial charge in [-0.25, -0.2) is 4.79 Å². The second-order valence-corrected chi connectivity index (χ2v) is 8.59. The summed E-state index contributed by atoms with van der Waals surface area (Å²) < 4.78 is 0. The molecular formula is C22H32N4O7S. The molecule has 0 aromatic heterocycles. The highest BCUT2D eigenvalue weighted by Gasteiger charge is 2.31. The fraction of sp³-hybridized carbons (Fsp3) is 0.500. The van der Waals surface area contributed by atoms with Crippen molar-refractivity contribution in [2.24, 2.45) is 11.7 Å². The van der Waals surface area contributed by atoms with Crippen LogP contribution in [0, 0.1) is 5.92 Å². The lowest BCUT2D eigenvalue weighted by Gasteiger charge is -2.24. The Labute approximate surface area is 203 Å². The second-order valence-electron chi connectivity index (χ2n) is 8.23. The standard InChI is InChI=1S/C22H32N4O7S/c1-12(2)8-16(22(32)33)25-21(31)17(11-34)26-20(30)15(10-18(27)28)24-19(29)14(23)9-13-6-4-3-5-7-13/h3-7,12,14-17,34H,8-11,23H2,1-2H3,(H,24,29)(H,25,31)(H,26,30)(H,27,28)(H,32,33). The Hall–Kier alpha value is -3.12. The normalized spacial score (nSPS) is 14.4. The minimum Gasteiger partial charge on any atom is -0.481 e. The van der Waals surface area contributed by atoms with E-state index >= 15 is 0 Å². The van der Waals surface area contributed by atoms with Crippen molar-refractivity contribution in [3.63, 3.8) is 0 Å². The van der Waals surface area contributed by atoms with Gasteiger partial charge in [-0.3, -0.25) is 19.2 Å². The third-order valence-electron chi connectivity index (χ3n) is 4.78. The molecule has 1 aromatic carbocycles. The van der Waals surface area contributed by atoms with E-state index in [1.54, 1.807) is 44.2 Å². The molecule has 7 N–H and O–H groups in total. The van der Waals surface area contributed by atoms with Crippen LogP contribution in [-0.4, -0.2) is 69.8 Å². The van der Waals surface area contributed by atoms with E-state index in [2.05, 4.69) is 28.6 Å². The zero-order chi connectivity index (χ0) is 25.8. The molecule has 0 radical (unpaired) electrons. The number of benzene rings is 1. The van der Waals surface area contributed by atoms with Gasteiger partial charge in [0.05, 0.1) is 12.5 Å². The Morgan fingerprint density at radius 3 is 1.91 bits per heavy atom. The van der Waals surface area contributed by atoms with Crippen molar-refractivity contribution in [1.82, 2.24) is 16.0 Å². The van der Waals surface area contributed by atoms with Crippen LogP contribution in [0.3, 0.4) is 0 Å². The summed E-state index contributed by atoms with van der Waals surface area (Å²) in [6, 6.07) is 3.93. The van der Waals surface area contributed by atoms with Crippen molar-refractivity contribution in [1.29, 1.82) is 0 Å². The van der Waals surface area contributed by atoms with Crippen molar-refractivity contribution >= 4 is 42.3 Å². The molecule has 0 aliphatic heterocycles. The maximum absolute atomic E-state index is 12.7. The number of rotatable bonds is 14. The molecule has 0 saturated heterocycles. The van der Waals surface area contributed by atoms with Gasteiger partial charge in [-0.2, -0.15) is 12.6 Å². The van der Waals surface area contributed by atoms with Gasteiger partial charge in [0.1, 0.15) is 18.1 Å². The van der Waals surface area contributed by atoms with Crippen molar-refractivity contribution in [3.05, 3.63) is 35.9 Å². The summed E-state index contributed by atoms with van der Waals surface area (Å²) in [6.45, 7) is 3.59. The van der Waals surface area contributed by atoms with E-state index in [0.29, 0.717) is 0 Å². The van der Waals surface area contributed by atoms with E-state index in [0.717, 1.165) is 5.56 Å². The first-order valence-corrected chi connectivity index (χ1v) is 11.3. The lowest BCUT2D eigenvalue weighted by atomic mass is 10.0. The summed E-state index contributed by atoms with van der Waals surface area (Å²) in [4.78, 5) is 60.4. The molecule has 1 rings (SSSR count). The fourth-order valence-corrected chi connectivity index (χ4v) is 3.31. The van der Waals surface area contributed by atoms with Gasteiger partial charge in [0.25, 0.3) is 0 Å². The first-order chi connectivity index (χ1) is 15.9. The molecule has 0 saturated carbocycles. The number of aliphatic carboxylic acids is 2. The van der Waals surface area contributed by atoms with Gasteiger partial charge < -0.3 is 31.9 Å². The molecule has 0 spiro atoms. The van der Waals surface area contributed by atoms with Gasteiger partial charge in [0, 0.05) is 5.75 Å². The monoisotopic (exact) mass is 496 g/mol. The van der Waals surface area contributed by atoms with E-state index in [1.165, 1.54) is 0 Å². The number of carbonyl (C=O) groups is 5. The van der Waals surface area contributed by atoms with Crippen LogP contribution in [0.25, 0.3) is 0 Å². The Morgan fingerprint density at radius 2 is 1.41 bits per heavy atom. The zero-order valence-corrected chi connectivity index (χ0v) is 20.0. The first-order valence-electron chi connectivity index (χ1n) is 10.7. The lowest BCUT2D eigenvalue weighted by molar-refractivity contribution is -0.143. The molecule has 0 heterocycles. The number of carbonyl (C=O) groups excluding carboxylic acids is 3. The van der Waals surface area contributed by atoms with E-state index in [4.69, 9.17) is 10.8 Å². The van der Waals surface area contributed by atoms with Gasteiger partial charge in [-0.1, -0.05) is 44.2 Å². The topological polar surface area (TPSA) is 188 Å². The Morgan fingerprint density at radius 1 is 0.882 bits per heavy atom. The summed E-state index contributed by atoms with van der Waals surface area (Å²) >= 11 is 4.02. The molecule has 4 unspecified atom stereocenters. The van der Waals surface area contributed by atoms with Crippen LogP contribution in [0.1, 0.15) is 32.3 Å². The fourth-order valence-electron chi connectivity index (χ4n) is 3.05. The van der Waals surface area contributed by atoms with Crippen LogP contribution < -0.4 is 21.7 Å². The summed E-state index contributed by atoms with van der Waals surface area (Å²) in [5.41, 5.74) is 6.69. The number of nitrogens with two attached hydrogens (primary N) is 1. The maximum atomic E-state index is 12.7. The van der Waals surface area contributed by atoms with E-state index in [-0.39, 0.29) is 24.5 Å². The molecule has 4 atom stereocenters. The Kier molecular flexibility index (Phi) is 12.1. The predicted octanol–water partition coefficient (Wildman–Crippen LogP) is -0.454. The molecule has 188 valence electrons. The van der Waals surface area contributed by atoms with Crippen molar-refractivity contribution in [2.75, 3.05) is 5.75 Å². The SMILES string of the molecule is CC(C)CC(NC(=O)C(CS)NC(=O)C(CC(=O)O)NC(=O)C(N)Cc1ccccc1)C(=O)O. The molecule has 0 bridgehead atoms. The van der Waals surface area contributed by atoms with E-state index in [1.807, 2.05) is 0 Å². The largest absolute Gasteiger partial charge is 0.481 e. The Bertz CT molecular complexity index is 866. The van der Waals surface area contributed by atoms with Crippen LogP contribution in [0.2, 0.25) is 0 Å². The number of hydrogen-bond donors (Lipinski definition) is 7. The van der Waals surface area contributed by atoms with Crippen LogP contribution in [0.15, 0.2) is 30.3 Å². The molecule has 34 heavy (non-hydrogen) atoms. The second kappa shape index (κ2) is 14.2. The first kappa shape index (κ1) is 28.9. The molecule has 3 amide bonds. The number of carboxylic acids is 2. The van der Waals surface area contributed by atoms with Gasteiger partial charge >= 0.3 is 11.9 Å². The number of nitrogens with one attached hydrogen (secondary N) is 3. The van der Waals surface area contributed by atoms with Crippen LogP contribution in [0.5, 0.6) is 0 Å². The van der Waals surface area contributed by atoms with Gasteiger partial charge in [0.15, 0.2) is 0 Å². The van der Waals surface area contributed by atoms with Gasteiger partial charge in [-0.05, 0) is 24.3 Å². The van der Waals surface area contributed by atoms with E-state index in [9.17, 15) is 29.1 Å². The Balaban J connectivity index is 2.85. The number of thiol groups is 1. The predicted molar refractivity (Wildman–Crippen MR) is 127 cm³/mol. The average Bonchev–Trinajstić information content (AvgIpc) is 2.76. The highest BCUT2D eigenvalue weighted by atomic mass is 32.1. The third-order valence-corrected chi connectivity index (χ3v) is 5.15. The third kappa shape index (κ3) is 10.2. The van der Waals surface area contributed by atoms with Gasteiger partial charge in [-0.15, -0.1) is 0 Å². The maximum Gasteiger partial charge on any atom is 0.326 e. The molecule has 0 aliphatic rings. The van der Waals surface area contributed by atoms with Crippen LogP contribution in [0.4, 0.5) is 0 Å². The van der Waals surface area contributed by atoms with Gasteiger partial charge in [0.2, 0.25) is 17.7 Å². The van der Waals surface area contributed by atoms with Crippen LogP contribution in [-0.2, 0) is 30.4 Å². The number of hydrogen-bond acceptors (Lipinski definition) is 7. The number of carboxylic acid groups (broad SMARTS) is 2. The quantitative estimate of drug-likeness (QED) is 0.169. The molecule has 0 fully saturated rings. The molecular weight excluding hydrogens is 464 g/mol. The summed E-state index contributed by atoms with van der Waals surface area (Å²) in [5, 5.41) is 25.5. The average molecular weight is 497 g/mol. The summed E-state index contributed by atoms with van der Waals surface area (Å²) in [7, 11) is 0. The number of amides is 3. The zero-order valence-electron chi connectivity index (χ0n) is 19.1. The minimum atomic E-state index is -1.51.